The molecule has 1 aromatic carbocycles. The van der Waals surface area contributed by atoms with Crippen molar-refractivity contribution in [3.05, 3.63) is 52.2 Å². The van der Waals surface area contributed by atoms with Crippen molar-refractivity contribution in [3.8, 4) is 5.75 Å². The largest absolute Gasteiger partial charge is 0.490 e. The molecule has 0 unspecified atom stereocenters. The fourth-order valence-electron chi connectivity index (χ4n) is 4.80. The molecule has 0 radical (unpaired) electrons. The first-order valence-corrected chi connectivity index (χ1v) is 12.2. The summed E-state index contributed by atoms with van der Waals surface area (Å²) in [5, 5.41) is 14.0. The van der Waals surface area contributed by atoms with Crippen LogP contribution in [0.1, 0.15) is 31.2 Å². The number of alkyl halides is 6. The lowest BCUT2D eigenvalue weighted by Crippen LogP contribution is -2.49. The van der Waals surface area contributed by atoms with Crippen LogP contribution in [0.2, 0.25) is 0 Å². The summed E-state index contributed by atoms with van der Waals surface area (Å²) in [4.78, 5) is 17.5. The molecular weight excluding hydrogens is 520 g/mol. The Morgan fingerprint density at radius 2 is 1.68 bits per heavy atom. The Balaban J connectivity index is 1.28. The van der Waals surface area contributed by atoms with E-state index < -0.39 is 35.1 Å². The van der Waals surface area contributed by atoms with E-state index >= 15 is 0 Å². The lowest BCUT2D eigenvalue weighted by atomic mass is 9.92. The van der Waals surface area contributed by atoms with E-state index in [2.05, 4.69) is 10.3 Å². The number of nitrogens with zero attached hydrogens (tertiary/aromatic N) is 4. The zero-order valence-electron chi connectivity index (χ0n) is 20.3. The van der Waals surface area contributed by atoms with Crippen LogP contribution in [0.4, 0.5) is 43.5 Å². The van der Waals surface area contributed by atoms with E-state index in [1.807, 2.05) is 4.90 Å². The molecule has 2 aromatic rings. The monoisotopic (exact) mass is 547 g/mol. The molecule has 2 heterocycles. The Bertz CT molecular complexity index is 1110. The quantitative estimate of drug-likeness (QED) is 0.279. The molecule has 8 nitrogen and oxygen atoms in total. The minimum atomic E-state index is -4.84. The van der Waals surface area contributed by atoms with Crippen molar-refractivity contribution in [2.24, 2.45) is 0 Å². The van der Waals surface area contributed by atoms with Gasteiger partial charge in [0.1, 0.15) is 17.1 Å². The third-order valence-electron chi connectivity index (χ3n) is 6.66. The van der Waals surface area contributed by atoms with Gasteiger partial charge in [-0.05, 0) is 43.9 Å². The van der Waals surface area contributed by atoms with Gasteiger partial charge in [0.05, 0.1) is 17.6 Å². The Hall–Kier alpha value is -3.29. The van der Waals surface area contributed by atoms with Crippen LogP contribution < -0.4 is 15.0 Å². The number of hydrogen-bond donors (Lipinski definition) is 1. The molecule has 1 aliphatic carbocycles. The van der Waals surface area contributed by atoms with Crippen molar-refractivity contribution >= 4 is 17.2 Å². The van der Waals surface area contributed by atoms with E-state index in [1.165, 1.54) is 11.0 Å². The number of halogens is 6. The summed E-state index contributed by atoms with van der Waals surface area (Å²) in [6, 6.07) is 6.26. The highest BCUT2D eigenvalue weighted by Gasteiger charge is 2.38. The molecule has 1 saturated heterocycles. The summed E-state index contributed by atoms with van der Waals surface area (Å²) in [5.41, 5.74) is -2.11. The van der Waals surface area contributed by atoms with Crippen LogP contribution in [-0.4, -0.2) is 65.9 Å². The second-order valence-electron chi connectivity index (χ2n) is 9.45. The average molecular weight is 548 g/mol. The van der Waals surface area contributed by atoms with Crippen molar-refractivity contribution in [2.45, 2.75) is 50.2 Å². The second-order valence-corrected chi connectivity index (χ2v) is 9.45. The van der Waals surface area contributed by atoms with Crippen molar-refractivity contribution in [1.82, 2.24) is 9.88 Å². The van der Waals surface area contributed by atoms with Gasteiger partial charge in [-0.2, -0.15) is 26.3 Å². The molecular formula is C24H27F6N5O3. The van der Waals surface area contributed by atoms with Gasteiger partial charge in [-0.1, -0.05) is 0 Å². The van der Waals surface area contributed by atoms with Gasteiger partial charge in [0.2, 0.25) is 0 Å². The SMILES string of the molecule is O=[N+]([O-])c1ccc(N[C@H]2CC[C@H](Oc3ccnc(N4CCN(CC(F)(F)F)CC4)c3)CC2)cc1C(F)(F)F. The molecule has 14 heteroatoms. The molecule has 38 heavy (non-hydrogen) atoms. The van der Waals surface area contributed by atoms with Gasteiger partial charge in [0.15, 0.2) is 0 Å². The third-order valence-corrected chi connectivity index (χ3v) is 6.66. The zero-order chi connectivity index (χ0) is 27.5. The van der Waals surface area contributed by atoms with Crippen molar-refractivity contribution in [1.29, 1.82) is 0 Å². The van der Waals surface area contributed by atoms with Crippen molar-refractivity contribution in [2.75, 3.05) is 42.9 Å². The highest BCUT2D eigenvalue weighted by molar-refractivity contribution is 5.55. The Kier molecular flexibility index (Phi) is 8.19. The molecule has 2 fully saturated rings. The topological polar surface area (TPSA) is 83.8 Å². The van der Waals surface area contributed by atoms with Gasteiger partial charge in [0.25, 0.3) is 5.69 Å². The Morgan fingerprint density at radius 1 is 1.00 bits per heavy atom. The van der Waals surface area contributed by atoms with Gasteiger partial charge in [0, 0.05) is 56.2 Å². The summed E-state index contributed by atoms with van der Waals surface area (Å²) >= 11 is 0. The summed E-state index contributed by atoms with van der Waals surface area (Å²) in [5.74, 6) is 1.22. The normalized spacial score (nSPS) is 21.3. The highest BCUT2D eigenvalue weighted by atomic mass is 19.4. The van der Waals surface area contributed by atoms with Crippen LogP contribution in [0, 0.1) is 10.1 Å². The number of nitro benzene ring substituents is 1. The fourth-order valence-corrected chi connectivity index (χ4v) is 4.80. The number of hydrogen-bond acceptors (Lipinski definition) is 7. The Morgan fingerprint density at radius 3 is 2.29 bits per heavy atom. The molecule has 1 aliphatic heterocycles. The predicted octanol–water partition coefficient (Wildman–Crippen LogP) is 5.50. The van der Waals surface area contributed by atoms with E-state index in [1.54, 1.807) is 18.3 Å². The average Bonchev–Trinajstić information content (AvgIpc) is 2.84. The summed E-state index contributed by atoms with van der Waals surface area (Å²) in [6.45, 7) is 0.470. The number of aromatic nitrogens is 1. The number of ether oxygens (including phenoxy) is 1. The molecule has 0 spiro atoms. The lowest BCUT2D eigenvalue weighted by molar-refractivity contribution is -0.388. The van der Waals surface area contributed by atoms with Gasteiger partial charge in [-0.3, -0.25) is 15.0 Å². The van der Waals surface area contributed by atoms with Crippen LogP contribution in [0.15, 0.2) is 36.5 Å². The molecule has 1 saturated carbocycles. The van der Waals surface area contributed by atoms with E-state index in [4.69, 9.17) is 4.74 Å². The highest BCUT2D eigenvalue weighted by Crippen LogP contribution is 2.38. The third kappa shape index (κ3) is 7.39. The molecule has 0 atom stereocenters. The number of benzene rings is 1. The van der Waals surface area contributed by atoms with Gasteiger partial charge in [-0.25, -0.2) is 4.98 Å². The van der Waals surface area contributed by atoms with Gasteiger partial charge < -0.3 is 15.0 Å². The van der Waals surface area contributed by atoms with Crippen LogP contribution in [0.5, 0.6) is 5.75 Å². The van der Waals surface area contributed by atoms with Crippen LogP contribution in [-0.2, 0) is 6.18 Å². The molecule has 4 rings (SSSR count). The van der Waals surface area contributed by atoms with E-state index in [9.17, 15) is 36.5 Å². The van der Waals surface area contributed by atoms with Gasteiger partial charge >= 0.3 is 12.4 Å². The van der Waals surface area contributed by atoms with E-state index in [0.717, 1.165) is 12.1 Å². The second kappa shape index (κ2) is 11.2. The maximum Gasteiger partial charge on any atom is 0.423 e. The first kappa shape index (κ1) is 27.7. The standard InChI is InChI=1S/C24H27F6N5O3/c25-23(26,27)15-33-9-11-34(12-10-33)22-14-19(7-8-31-22)38-18-4-1-16(2-5-18)32-17-3-6-21(35(36)37)20(13-17)24(28,29)30/h3,6-8,13-14,16,18,32H,1-2,4-5,9-12,15H2/t16-,18-. The first-order chi connectivity index (χ1) is 17.9. The first-order valence-electron chi connectivity index (χ1n) is 12.2. The van der Waals surface area contributed by atoms with Crippen molar-refractivity contribution in [3.63, 3.8) is 0 Å². The van der Waals surface area contributed by atoms with Crippen molar-refractivity contribution < 1.29 is 36.0 Å². The molecule has 1 aromatic heterocycles. The van der Waals surface area contributed by atoms with Crippen LogP contribution >= 0.6 is 0 Å². The summed E-state index contributed by atoms with van der Waals surface area (Å²) in [7, 11) is 0. The predicted molar refractivity (Wildman–Crippen MR) is 127 cm³/mol. The fraction of sp³-hybridized carbons (Fsp3) is 0.542. The summed E-state index contributed by atoms with van der Waals surface area (Å²) < 4.78 is 83.7. The minimum Gasteiger partial charge on any atom is -0.490 e. The van der Waals surface area contributed by atoms with Gasteiger partial charge in [-0.15, -0.1) is 0 Å². The molecule has 0 bridgehead atoms. The van der Waals surface area contributed by atoms with E-state index in [0.29, 0.717) is 50.3 Å². The number of nitrogens with one attached hydrogen (secondary N) is 1. The minimum absolute atomic E-state index is 0.113. The molecule has 1 N–H and O–H groups in total. The maximum absolute atomic E-state index is 13.2. The van der Waals surface area contributed by atoms with Crippen LogP contribution in [0.25, 0.3) is 0 Å². The summed E-state index contributed by atoms with van der Waals surface area (Å²) in [6.07, 6.45) is -5.05. The molecule has 0 amide bonds. The smallest absolute Gasteiger partial charge is 0.423 e. The number of piperazine rings is 1. The maximum atomic E-state index is 13.2. The van der Waals surface area contributed by atoms with Crippen LogP contribution in [0.3, 0.4) is 0 Å². The Labute approximate surface area is 214 Å². The lowest BCUT2D eigenvalue weighted by Gasteiger charge is -2.35. The van der Waals surface area contributed by atoms with E-state index in [-0.39, 0.29) is 30.9 Å². The number of rotatable bonds is 7. The number of pyridine rings is 1. The molecule has 2 aliphatic rings. The zero-order valence-corrected chi connectivity index (χ0v) is 20.3. The number of anilines is 2. The molecule has 208 valence electrons. The number of nitro groups is 1.